The third-order valence-corrected chi connectivity index (χ3v) is 5.63. The standard InChI is InChI=1S/C17H35N3O/c1-7-20(8-2)11-12(3)19-16(21)14-9-10-15(18)13(4)17(14,5)6/h12-15H,7-11,18H2,1-6H3,(H,19,21). The summed E-state index contributed by atoms with van der Waals surface area (Å²) >= 11 is 0. The number of carbonyl (C=O) groups is 1. The largest absolute Gasteiger partial charge is 0.352 e. The molecule has 124 valence electrons. The van der Waals surface area contributed by atoms with Crippen molar-refractivity contribution in [2.45, 2.75) is 66.5 Å². The van der Waals surface area contributed by atoms with Gasteiger partial charge in [0.2, 0.25) is 5.91 Å². The van der Waals surface area contributed by atoms with Gasteiger partial charge in [-0.1, -0.05) is 34.6 Å². The van der Waals surface area contributed by atoms with Crippen molar-refractivity contribution < 1.29 is 4.79 Å². The number of likely N-dealkylation sites (N-methyl/N-ethyl adjacent to an activating group) is 1. The van der Waals surface area contributed by atoms with Crippen LogP contribution in [0.5, 0.6) is 0 Å². The average Bonchev–Trinajstić information content (AvgIpc) is 2.42. The molecule has 21 heavy (non-hydrogen) atoms. The van der Waals surface area contributed by atoms with Crippen LogP contribution in [-0.2, 0) is 4.79 Å². The molecule has 0 spiro atoms. The monoisotopic (exact) mass is 297 g/mol. The van der Waals surface area contributed by atoms with Gasteiger partial charge in [-0.2, -0.15) is 0 Å². The lowest BCUT2D eigenvalue weighted by Gasteiger charge is -2.46. The smallest absolute Gasteiger partial charge is 0.223 e. The predicted molar refractivity (Wildman–Crippen MR) is 89.0 cm³/mol. The van der Waals surface area contributed by atoms with Crippen molar-refractivity contribution in [2.24, 2.45) is 23.0 Å². The maximum atomic E-state index is 12.7. The molecule has 1 rings (SSSR count). The molecule has 0 aromatic heterocycles. The number of nitrogens with one attached hydrogen (secondary N) is 1. The third-order valence-electron chi connectivity index (χ3n) is 5.63. The molecule has 4 nitrogen and oxygen atoms in total. The minimum atomic E-state index is -0.0311. The molecule has 4 atom stereocenters. The highest BCUT2D eigenvalue weighted by atomic mass is 16.2. The maximum Gasteiger partial charge on any atom is 0.223 e. The van der Waals surface area contributed by atoms with Crippen LogP contribution in [0.15, 0.2) is 0 Å². The van der Waals surface area contributed by atoms with E-state index in [9.17, 15) is 4.79 Å². The first-order valence-corrected chi connectivity index (χ1v) is 8.52. The molecule has 0 aliphatic heterocycles. The first-order valence-electron chi connectivity index (χ1n) is 8.52. The van der Waals surface area contributed by atoms with Crippen molar-refractivity contribution in [3.05, 3.63) is 0 Å². The summed E-state index contributed by atoms with van der Waals surface area (Å²) in [6.07, 6.45) is 1.86. The highest BCUT2D eigenvalue weighted by Crippen LogP contribution is 2.44. The number of rotatable bonds is 6. The van der Waals surface area contributed by atoms with Crippen molar-refractivity contribution in [1.82, 2.24) is 10.2 Å². The van der Waals surface area contributed by atoms with Crippen molar-refractivity contribution in [3.8, 4) is 0 Å². The molecule has 0 radical (unpaired) electrons. The van der Waals surface area contributed by atoms with Gasteiger partial charge in [0, 0.05) is 24.5 Å². The number of carbonyl (C=O) groups excluding carboxylic acids is 1. The lowest BCUT2D eigenvalue weighted by atomic mass is 9.61. The van der Waals surface area contributed by atoms with Crippen LogP contribution in [0.3, 0.4) is 0 Å². The molecule has 0 aromatic carbocycles. The van der Waals surface area contributed by atoms with E-state index in [0.29, 0.717) is 5.92 Å². The second-order valence-corrected chi connectivity index (χ2v) is 7.30. The van der Waals surface area contributed by atoms with Crippen LogP contribution in [0.1, 0.15) is 54.4 Å². The number of nitrogens with zero attached hydrogens (tertiary/aromatic N) is 1. The fourth-order valence-electron chi connectivity index (χ4n) is 3.58. The van der Waals surface area contributed by atoms with Crippen LogP contribution >= 0.6 is 0 Å². The Balaban J connectivity index is 2.62. The molecule has 0 aromatic rings. The molecule has 1 fully saturated rings. The molecule has 0 heterocycles. The molecule has 1 aliphatic rings. The minimum Gasteiger partial charge on any atom is -0.352 e. The predicted octanol–water partition coefficient (Wildman–Crippen LogP) is 2.23. The van der Waals surface area contributed by atoms with Gasteiger partial charge in [0.1, 0.15) is 0 Å². The maximum absolute atomic E-state index is 12.7. The Hall–Kier alpha value is -0.610. The van der Waals surface area contributed by atoms with Gasteiger partial charge >= 0.3 is 0 Å². The van der Waals surface area contributed by atoms with Gasteiger partial charge in [-0.05, 0) is 44.2 Å². The summed E-state index contributed by atoms with van der Waals surface area (Å²) in [5, 5.41) is 3.22. The molecule has 1 saturated carbocycles. The van der Waals surface area contributed by atoms with Crippen molar-refractivity contribution in [2.75, 3.05) is 19.6 Å². The molecular weight excluding hydrogens is 262 g/mol. The average molecular weight is 297 g/mol. The summed E-state index contributed by atoms with van der Waals surface area (Å²) in [6, 6.07) is 0.413. The quantitative estimate of drug-likeness (QED) is 0.790. The molecule has 0 bridgehead atoms. The summed E-state index contributed by atoms with van der Waals surface area (Å²) in [4.78, 5) is 15.0. The van der Waals surface area contributed by atoms with E-state index in [0.717, 1.165) is 32.5 Å². The fourth-order valence-corrected chi connectivity index (χ4v) is 3.58. The second-order valence-electron chi connectivity index (χ2n) is 7.30. The van der Waals surface area contributed by atoms with E-state index in [1.54, 1.807) is 0 Å². The van der Waals surface area contributed by atoms with E-state index in [-0.39, 0.29) is 29.3 Å². The van der Waals surface area contributed by atoms with Gasteiger partial charge in [-0.3, -0.25) is 4.79 Å². The van der Waals surface area contributed by atoms with Crippen LogP contribution in [0, 0.1) is 17.3 Å². The summed E-state index contributed by atoms with van der Waals surface area (Å²) in [5.41, 5.74) is 6.15. The summed E-state index contributed by atoms with van der Waals surface area (Å²) in [6.45, 7) is 15.9. The zero-order valence-electron chi connectivity index (χ0n) is 14.8. The highest BCUT2D eigenvalue weighted by Gasteiger charge is 2.45. The number of hydrogen-bond donors (Lipinski definition) is 2. The summed E-state index contributed by atoms with van der Waals surface area (Å²) in [7, 11) is 0. The molecule has 0 saturated heterocycles. The van der Waals surface area contributed by atoms with E-state index in [1.165, 1.54) is 0 Å². The van der Waals surface area contributed by atoms with Crippen molar-refractivity contribution in [1.29, 1.82) is 0 Å². The topological polar surface area (TPSA) is 58.4 Å². The highest BCUT2D eigenvalue weighted by molar-refractivity contribution is 5.80. The molecule has 4 heteroatoms. The third kappa shape index (κ3) is 4.43. The van der Waals surface area contributed by atoms with E-state index in [1.807, 2.05) is 0 Å². The van der Waals surface area contributed by atoms with Crippen LogP contribution in [0.2, 0.25) is 0 Å². The summed E-state index contributed by atoms with van der Waals surface area (Å²) < 4.78 is 0. The molecular formula is C17H35N3O. The van der Waals surface area contributed by atoms with Gasteiger partial charge in [-0.25, -0.2) is 0 Å². The Morgan fingerprint density at radius 1 is 1.33 bits per heavy atom. The Morgan fingerprint density at radius 3 is 2.43 bits per heavy atom. The van der Waals surface area contributed by atoms with E-state index in [2.05, 4.69) is 51.8 Å². The van der Waals surface area contributed by atoms with Gasteiger partial charge in [0.25, 0.3) is 0 Å². The van der Waals surface area contributed by atoms with Gasteiger partial charge < -0.3 is 16.0 Å². The van der Waals surface area contributed by atoms with Crippen LogP contribution in [-0.4, -0.2) is 42.5 Å². The zero-order chi connectivity index (χ0) is 16.2. The number of amides is 1. The Labute approximate surface area is 130 Å². The van der Waals surface area contributed by atoms with Crippen LogP contribution in [0.25, 0.3) is 0 Å². The SMILES string of the molecule is CCN(CC)CC(C)NC(=O)C1CCC(N)C(C)C1(C)C. The Bertz CT molecular complexity index is 339. The fraction of sp³-hybridized carbons (Fsp3) is 0.941. The molecule has 4 unspecified atom stereocenters. The minimum absolute atomic E-state index is 0.0311. The normalized spacial score (nSPS) is 30.2. The van der Waals surface area contributed by atoms with E-state index >= 15 is 0 Å². The summed E-state index contributed by atoms with van der Waals surface area (Å²) in [5.74, 6) is 0.657. The van der Waals surface area contributed by atoms with E-state index < -0.39 is 0 Å². The first-order chi connectivity index (χ1) is 9.73. The zero-order valence-corrected chi connectivity index (χ0v) is 14.8. The van der Waals surface area contributed by atoms with Crippen molar-refractivity contribution >= 4 is 5.91 Å². The second kappa shape index (κ2) is 7.59. The Morgan fingerprint density at radius 2 is 1.90 bits per heavy atom. The lowest BCUT2D eigenvalue weighted by molar-refractivity contribution is -0.133. The number of nitrogens with two attached hydrogens (primary N) is 1. The van der Waals surface area contributed by atoms with Crippen LogP contribution in [0.4, 0.5) is 0 Å². The number of hydrogen-bond acceptors (Lipinski definition) is 3. The van der Waals surface area contributed by atoms with Gasteiger partial charge in [-0.15, -0.1) is 0 Å². The molecule has 1 aliphatic carbocycles. The van der Waals surface area contributed by atoms with E-state index in [4.69, 9.17) is 5.73 Å². The van der Waals surface area contributed by atoms with Crippen molar-refractivity contribution in [3.63, 3.8) is 0 Å². The molecule has 1 amide bonds. The van der Waals surface area contributed by atoms with Crippen LogP contribution < -0.4 is 11.1 Å². The Kier molecular flexibility index (Phi) is 6.67. The van der Waals surface area contributed by atoms with Gasteiger partial charge in [0.05, 0.1) is 0 Å². The lowest BCUT2D eigenvalue weighted by Crippen LogP contribution is -2.53. The van der Waals surface area contributed by atoms with Gasteiger partial charge in [0.15, 0.2) is 0 Å². The molecule has 3 N–H and O–H groups in total. The first kappa shape index (κ1) is 18.4.